The molecule has 2 heterocycles. The van der Waals surface area contributed by atoms with Gasteiger partial charge in [0.25, 0.3) is 0 Å². The maximum atomic E-state index is 6.65. The van der Waals surface area contributed by atoms with Crippen molar-refractivity contribution in [3.8, 4) is 39.1 Å². The molecule has 2 aliphatic heterocycles. The number of ether oxygens (including phenoxy) is 1. The Morgan fingerprint density at radius 1 is 0.558 bits per heavy atom. The third-order valence-corrected chi connectivity index (χ3v) is 12.8. The fourth-order valence-corrected chi connectivity index (χ4v) is 10.4. The minimum absolute atomic E-state index is 0.0508. The second-order valence-electron chi connectivity index (χ2n) is 15.9. The van der Waals surface area contributed by atoms with Crippen molar-refractivity contribution in [2.45, 2.75) is 68.9 Å². The number of benzene rings is 6. The zero-order valence-electron chi connectivity index (χ0n) is 29.7. The van der Waals surface area contributed by atoms with Crippen LogP contribution in [0.3, 0.4) is 0 Å². The summed E-state index contributed by atoms with van der Waals surface area (Å²) in [6.07, 6.45) is 6.00. The van der Waals surface area contributed by atoms with Crippen molar-refractivity contribution < 1.29 is 4.74 Å². The van der Waals surface area contributed by atoms with Crippen LogP contribution in [-0.4, -0.2) is 17.7 Å². The van der Waals surface area contributed by atoms with E-state index in [0.29, 0.717) is 0 Å². The Morgan fingerprint density at radius 2 is 1.25 bits per heavy atom. The fourth-order valence-electron chi connectivity index (χ4n) is 10.4. The molecular formula is C49H40N2O. The third-order valence-electron chi connectivity index (χ3n) is 12.8. The molecule has 1 saturated carbocycles. The van der Waals surface area contributed by atoms with Crippen molar-refractivity contribution in [2.24, 2.45) is 9.98 Å². The van der Waals surface area contributed by atoms with Crippen LogP contribution in [0.25, 0.3) is 33.4 Å². The Morgan fingerprint density at radius 3 is 2.13 bits per heavy atom. The first-order valence-corrected chi connectivity index (χ1v) is 19.0. The minimum Gasteiger partial charge on any atom is -0.481 e. The highest BCUT2D eigenvalue weighted by molar-refractivity contribution is 6.17. The molecule has 0 radical (unpaired) electrons. The molecular weight excluding hydrogens is 633 g/mol. The van der Waals surface area contributed by atoms with Gasteiger partial charge < -0.3 is 4.74 Å². The largest absolute Gasteiger partial charge is 0.481 e. The Hall–Kier alpha value is -5.54. The van der Waals surface area contributed by atoms with Crippen LogP contribution in [0.15, 0.2) is 143 Å². The smallest absolute Gasteiger partial charge is 0.168 e. The van der Waals surface area contributed by atoms with Gasteiger partial charge in [0.15, 0.2) is 11.9 Å². The highest BCUT2D eigenvalue weighted by atomic mass is 16.5. The first kappa shape index (κ1) is 30.1. The molecule has 1 fully saturated rings. The Labute approximate surface area is 305 Å². The lowest BCUT2D eigenvalue weighted by molar-refractivity contribution is 0.275. The van der Waals surface area contributed by atoms with Crippen molar-refractivity contribution in [3.63, 3.8) is 0 Å². The van der Waals surface area contributed by atoms with Gasteiger partial charge in [-0.1, -0.05) is 142 Å². The second-order valence-corrected chi connectivity index (χ2v) is 15.9. The molecule has 11 rings (SSSR count). The number of nitrogens with zero attached hydrogens (tertiary/aromatic N) is 2. The summed E-state index contributed by atoms with van der Waals surface area (Å²) in [6, 6.07) is 48.9. The van der Waals surface area contributed by atoms with E-state index < -0.39 is 0 Å². The van der Waals surface area contributed by atoms with Gasteiger partial charge in [-0.25, -0.2) is 4.99 Å². The van der Waals surface area contributed by atoms with Gasteiger partial charge in [0.05, 0.1) is 5.71 Å². The van der Waals surface area contributed by atoms with E-state index in [-0.39, 0.29) is 23.0 Å². The van der Waals surface area contributed by atoms with Crippen LogP contribution in [0.2, 0.25) is 0 Å². The molecule has 0 bridgehead atoms. The second kappa shape index (κ2) is 11.0. The van der Waals surface area contributed by atoms with Gasteiger partial charge in [-0.05, 0) is 92.7 Å². The molecule has 2 atom stereocenters. The normalized spacial score (nSPS) is 20.8. The van der Waals surface area contributed by atoms with E-state index in [4.69, 9.17) is 14.7 Å². The van der Waals surface area contributed by atoms with Crippen LogP contribution >= 0.6 is 0 Å². The van der Waals surface area contributed by atoms with Crippen molar-refractivity contribution in [1.29, 1.82) is 0 Å². The van der Waals surface area contributed by atoms with Crippen LogP contribution in [0, 0.1) is 0 Å². The van der Waals surface area contributed by atoms with E-state index in [9.17, 15) is 0 Å². The first-order valence-electron chi connectivity index (χ1n) is 19.0. The molecule has 2 unspecified atom stereocenters. The summed E-state index contributed by atoms with van der Waals surface area (Å²) >= 11 is 0. The fraction of sp³-hybridized carbons (Fsp3) is 0.224. The van der Waals surface area contributed by atoms with Crippen LogP contribution in [-0.2, 0) is 10.8 Å². The topological polar surface area (TPSA) is 34.0 Å². The van der Waals surface area contributed by atoms with Gasteiger partial charge in [0.1, 0.15) is 11.8 Å². The molecule has 6 aromatic carbocycles. The molecule has 0 amide bonds. The highest BCUT2D eigenvalue weighted by Crippen LogP contribution is 2.61. The molecule has 0 saturated heterocycles. The minimum atomic E-state index is -0.278. The van der Waals surface area contributed by atoms with Crippen LogP contribution in [0.5, 0.6) is 5.75 Å². The quantitative estimate of drug-likeness (QED) is 0.184. The predicted octanol–water partition coefficient (Wildman–Crippen LogP) is 11.6. The molecule has 52 heavy (non-hydrogen) atoms. The Balaban J connectivity index is 1.09. The van der Waals surface area contributed by atoms with E-state index in [2.05, 4.69) is 135 Å². The molecule has 1 spiro atoms. The van der Waals surface area contributed by atoms with Crippen molar-refractivity contribution in [1.82, 2.24) is 0 Å². The number of hydrogen-bond acceptors (Lipinski definition) is 3. The maximum absolute atomic E-state index is 6.65. The number of rotatable bonds is 3. The molecule has 0 aromatic heterocycles. The molecule has 3 heteroatoms. The Kier molecular flexibility index (Phi) is 6.36. The standard InChI is InChI=1S/C49H40N2O/c1-48(2)38-22-9-7-19-34(38)36-28-41-37(29-40(36)48)43-33(21-14-23-39(43)49(41)25-11-4-12-26-49)31-17-13-18-32(27-31)44-46-45(35-20-8-10-24-42(35)52-46)51-47(50-44)30-15-5-3-6-16-30/h3,5-10,13-24,27-29,45-46H,4,11-12,25-26H2,1-2H3. The highest BCUT2D eigenvalue weighted by Gasteiger charge is 2.47. The lowest BCUT2D eigenvalue weighted by atomic mass is 9.67. The van der Waals surface area contributed by atoms with E-state index >= 15 is 0 Å². The lowest BCUT2D eigenvalue weighted by Crippen LogP contribution is -2.34. The number of aliphatic imine (C=N–C) groups is 2. The maximum Gasteiger partial charge on any atom is 0.168 e. The summed E-state index contributed by atoms with van der Waals surface area (Å²) in [5, 5.41) is 0. The van der Waals surface area contributed by atoms with Crippen LogP contribution < -0.4 is 4.74 Å². The van der Waals surface area contributed by atoms with Crippen LogP contribution in [0.1, 0.15) is 90.9 Å². The number of para-hydroxylation sites is 1. The summed E-state index contributed by atoms with van der Waals surface area (Å²) in [4.78, 5) is 10.5. The van der Waals surface area contributed by atoms with Gasteiger partial charge in [0, 0.05) is 27.5 Å². The van der Waals surface area contributed by atoms with E-state index in [1.807, 2.05) is 12.1 Å². The van der Waals surface area contributed by atoms with E-state index in [0.717, 1.165) is 34.0 Å². The van der Waals surface area contributed by atoms with E-state index in [1.54, 1.807) is 0 Å². The Bertz CT molecular complexity index is 2520. The predicted molar refractivity (Wildman–Crippen MR) is 212 cm³/mol. The average Bonchev–Trinajstić information content (AvgIpc) is 3.78. The third kappa shape index (κ3) is 4.14. The molecule has 3 nitrogen and oxygen atoms in total. The number of amidine groups is 1. The molecule has 0 N–H and O–H groups in total. The molecule has 252 valence electrons. The monoisotopic (exact) mass is 672 g/mol. The molecule has 3 aliphatic carbocycles. The van der Waals surface area contributed by atoms with Crippen molar-refractivity contribution >= 4 is 11.5 Å². The van der Waals surface area contributed by atoms with Gasteiger partial charge in [-0.3, -0.25) is 4.99 Å². The lowest BCUT2D eigenvalue weighted by Gasteiger charge is -2.36. The summed E-state index contributed by atoms with van der Waals surface area (Å²) in [7, 11) is 0. The van der Waals surface area contributed by atoms with Crippen molar-refractivity contribution in [2.75, 3.05) is 0 Å². The first-order chi connectivity index (χ1) is 25.5. The number of hydrogen-bond donors (Lipinski definition) is 0. The summed E-state index contributed by atoms with van der Waals surface area (Å²) < 4.78 is 6.65. The number of fused-ring (bicyclic) bond motifs is 11. The van der Waals surface area contributed by atoms with Gasteiger partial charge >= 0.3 is 0 Å². The summed E-state index contributed by atoms with van der Waals surface area (Å²) in [5.74, 6) is 1.65. The van der Waals surface area contributed by atoms with E-state index in [1.165, 1.54) is 87.7 Å². The average molecular weight is 673 g/mol. The molecule has 5 aliphatic rings. The summed E-state index contributed by atoms with van der Waals surface area (Å²) in [5.41, 5.74) is 18.3. The van der Waals surface area contributed by atoms with Crippen molar-refractivity contribution in [3.05, 3.63) is 172 Å². The van der Waals surface area contributed by atoms with Gasteiger partial charge in [-0.2, -0.15) is 0 Å². The zero-order valence-corrected chi connectivity index (χ0v) is 29.7. The van der Waals surface area contributed by atoms with Crippen LogP contribution in [0.4, 0.5) is 0 Å². The SMILES string of the molecule is CC1(C)c2ccccc2-c2cc3c(cc21)-c1c(-c2cccc(C4=NC(c5ccccc5)=NC5c6ccccc6OC45)c2)cccc1C31CCCCC1. The van der Waals surface area contributed by atoms with Gasteiger partial charge in [0.2, 0.25) is 0 Å². The zero-order chi connectivity index (χ0) is 34.6. The van der Waals surface area contributed by atoms with Gasteiger partial charge in [-0.15, -0.1) is 0 Å². The summed E-state index contributed by atoms with van der Waals surface area (Å²) in [6.45, 7) is 4.81. The molecule has 6 aromatic rings.